The zero-order valence-corrected chi connectivity index (χ0v) is 43.7. The van der Waals surface area contributed by atoms with Crippen LogP contribution in [0.15, 0.2) is 136 Å². The van der Waals surface area contributed by atoms with Gasteiger partial charge in [-0.2, -0.15) is 0 Å². The van der Waals surface area contributed by atoms with E-state index in [2.05, 4.69) is 145 Å². The first-order valence-corrected chi connectivity index (χ1v) is 24.6. The van der Waals surface area contributed by atoms with Crippen LogP contribution in [0.3, 0.4) is 0 Å². The minimum atomic E-state index is 0.169. The molecule has 2 aromatic rings. The highest BCUT2D eigenvalue weighted by atomic mass is 14.5. The smallest absolute Gasteiger partial charge is 0.0357 e. The van der Waals surface area contributed by atoms with Gasteiger partial charge in [0.15, 0.2) is 0 Å². The molecule has 0 heterocycles. The Kier molecular flexibility index (Phi) is 10.2. The van der Waals surface area contributed by atoms with Crippen molar-refractivity contribution >= 4 is 0 Å². The molecule has 5 unspecified atom stereocenters. The normalized spacial score (nSPS) is 26.0. The zero-order valence-electron chi connectivity index (χ0n) is 43.7. The highest BCUT2D eigenvalue weighted by Gasteiger charge is 2.52. The number of hydrogen-bond acceptors (Lipinski definition) is 0. The number of rotatable bonds is 5. The summed E-state index contributed by atoms with van der Waals surface area (Å²) in [6.45, 7) is 60.3. The minimum Gasteiger partial charge on any atom is -0.0946 e. The maximum absolute atomic E-state index is 4.91. The Labute approximate surface area is 388 Å². The van der Waals surface area contributed by atoms with Crippen molar-refractivity contribution in [3.63, 3.8) is 0 Å². The molecule has 0 saturated carbocycles. The Balaban J connectivity index is 1.25. The Hall–Kier alpha value is -4.68. The van der Waals surface area contributed by atoms with Crippen molar-refractivity contribution in [2.24, 2.45) is 17.8 Å². The molecule has 2 aromatic carbocycles. The second kappa shape index (κ2) is 14.7. The van der Waals surface area contributed by atoms with E-state index in [1.807, 2.05) is 0 Å². The summed E-state index contributed by atoms with van der Waals surface area (Å²) in [5.41, 5.74) is 50.7. The van der Waals surface area contributed by atoms with Gasteiger partial charge in [-0.1, -0.05) is 45.1 Å². The molecule has 0 amide bonds. The molecule has 0 aliphatic heterocycles. The molecule has 0 bridgehead atoms. The molecule has 0 radical (unpaired) electrons. The topological polar surface area (TPSA) is 0 Å². The van der Waals surface area contributed by atoms with E-state index in [-0.39, 0.29) is 23.7 Å². The van der Waals surface area contributed by atoms with Gasteiger partial charge in [-0.25, -0.2) is 0 Å². The van der Waals surface area contributed by atoms with E-state index in [0.717, 1.165) is 12.8 Å². The average molecular weight is 845 g/mol. The van der Waals surface area contributed by atoms with Crippen molar-refractivity contribution in [2.75, 3.05) is 0 Å². The minimum absolute atomic E-state index is 0.169. The van der Waals surface area contributed by atoms with Crippen LogP contribution in [0.5, 0.6) is 0 Å². The predicted octanol–water partition coefficient (Wildman–Crippen LogP) is 17.7. The summed E-state index contributed by atoms with van der Waals surface area (Å²) in [6.07, 6.45) is 2.00. The van der Waals surface area contributed by atoms with Gasteiger partial charge in [-0.05, 0) is 316 Å². The van der Waals surface area contributed by atoms with E-state index >= 15 is 0 Å². The lowest BCUT2D eigenvalue weighted by Gasteiger charge is -2.32. The fourth-order valence-corrected chi connectivity index (χ4v) is 14.5. The molecular weight excluding hydrogens is 769 g/mol. The van der Waals surface area contributed by atoms with Crippen molar-refractivity contribution < 1.29 is 0 Å². The molecule has 64 heavy (non-hydrogen) atoms. The number of allylic oxidation sites excluding steroid dienone is 22. The van der Waals surface area contributed by atoms with Gasteiger partial charge in [0.05, 0.1) is 0 Å². The first-order chi connectivity index (χ1) is 29.9. The molecule has 0 N–H and O–H groups in total. The van der Waals surface area contributed by atoms with Crippen LogP contribution in [0.4, 0.5) is 0 Å². The Morgan fingerprint density at radius 1 is 0.312 bits per heavy atom. The van der Waals surface area contributed by atoms with Gasteiger partial charge in [-0.15, -0.1) is 0 Å². The van der Waals surface area contributed by atoms with Crippen molar-refractivity contribution in [2.45, 2.75) is 170 Å². The molecule has 9 rings (SSSR count). The molecule has 7 aliphatic carbocycles. The second-order valence-electron chi connectivity index (χ2n) is 21.8. The predicted molar refractivity (Wildman–Crippen MR) is 276 cm³/mol. The van der Waals surface area contributed by atoms with Crippen LogP contribution in [0, 0.1) is 87.0 Å². The molecule has 5 atom stereocenters. The molecule has 0 spiro atoms. The fraction of sp³-hybridized carbons (Fsp3) is 0.438. The van der Waals surface area contributed by atoms with E-state index in [4.69, 9.17) is 13.2 Å². The Morgan fingerprint density at radius 2 is 0.656 bits per heavy atom. The van der Waals surface area contributed by atoms with Crippen LogP contribution in [0.1, 0.15) is 168 Å². The summed E-state index contributed by atoms with van der Waals surface area (Å²) in [5.74, 6) is 1.31. The largest absolute Gasteiger partial charge is 0.0946 e. The summed E-state index contributed by atoms with van der Waals surface area (Å²) in [7, 11) is 0. The standard InChI is InChI=1S/C64H76/c1-26-24-49(34(9)27(26)2)56-42(17)45(20)61-57(43(18)46(21)60(56)61)50-25-51(36(11)35(50)10)58-48(23)55-47(22)54-41(16)44(19)59(52-37(12)30(5)28(3)31(6)38(52)13)63(54)64(55)62(58)53-39(14)32(7)29(4)33(8)40(53)15/h42-43,47,59,62H,20-21,24-25H2,1-19,22-23H3. The summed E-state index contributed by atoms with van der Waals surface area (Å²) in [4.78, 5) is 0. The quantitative estimate of drug-likeness (QED) is 0.281. The summed E-state index contributed by atoms with van der Waals surface area (Å²) >= 11 is 0. The van der Waals surface area contributed by atoms with Crippen molar-refractivity contribution in [1.29, 1.82) is 0 Å². The third-order valence-electron chi connectivity index (χ3n) is 19.8. The molecule has 0 saturated heterocycles. The van der Waals surface area contributed by atoms with Gasteiger partial charge in [0.2, 0.25) is 0 Å². The van der Waals surface area contributed by atoms with E-state index in [0.29, 0.717) is 5.92 Å². The fourth-order valence-electron chi connectivity index (χ4n) is 14.5. The Morgan fingerprint density at radius 3 is 1.08 bits per heavy atom. The van der Waals surface area contributed by atoms with E-state index in [1.165, 1.54) is 139 Å². The monoisotopic (exact) mass is 845 g/mol. The highest BCUT2D eigenvalue weighted by Crippen LogP contribution is 2.67. The van der Waals surface area contributed by atoms with Gasteiger partial charge in [0.1, 0.15) is 0 Å². The van der Waals surface area contributed by atoms with Crippen molar-refractivity contribution in [3.8, 4) is 0 Å². The maximum Gasteiger partial charge on any atom is 0.0357 e. The van der Waals surface area contributed by atoms with E-state index in [9.17, 15) is 0 Å². The summed E-state index contributed by atoms with van der Waals surface area (Å²) < 4.78 is 0. The van der Waals surface area contributed by atoms with Crippen LogP contribution in [0.2, 0.25) is 0 Å². The molecule has 7 aliphatic rings. The van der Waals surface area contributed by atoms with Gasteiger partial charge in [0, 0.05) is 29.6 Å². The third kappa shape index (κ3) is 5.41. The van der Waals surface area contributed by atoms with E-state index in [1.54, 1.807) is 50.1 Å². The second-order valence-corrected chi connectivity index (χ2v) is 21.8. The Bertz CT molecular complexity index is 2980. The van der Waals surface area contributed by atoms with Crippen molar-refractivity contribution in [3.05, 3.63) is 203 Å². The van der Waals surface area contributed by atoms with Gasteiger partial charge in [0.25, 0.3) is 0 Å². The van der Waals surface area contributed by atoms with Gasteiger partial charge >= 0.3 is 0 Å². The van der Waals surface area contributed by atoms with Crippen molar-refractivity contribution in [1.82, 2.24) is 0 Å². The van der Waals surface area contributed by atoms with Gasteiger partial charge < -0.3 is 0 Å². The van der Waals surface area contributed by atoms with Crippen LogP contribution >= 0.6 is 0 Å². The first-order valence-electron chi connectivity index (χ1n) is 24.6. The molecule has 0 nitrogen and oxygen atoms in total. The number of benzene rings is 2. The number of fused-ring (bicyclic) bond motifs is 2. The van der Waals surface area contributed by atoms with Gasteiger partial charge in [-0.3, -0.25) is 0 Å². The molecular formula is C64H76. The van der Waals surface area contributed by atoms with Crippen LogP contribution < -0.4 is 0 Å². The third-order valence-corrected chi connectivity index (χ3v) is 19.8. The lowest BCUT2D eigenvalue weighted by atomic mass is 9.71. The van der Waals surface area contributed by atoms with Crippen LogP contribution in [0.25, 0.3) is 0 Å². The lowest BCUT2D eigenvalue weighted by molar-refractivity contribution is 0.801. The molecule has 332 valence electrons. The molecule has 0 fully saturated rings. The maximum atomic E-state index is 4.91. The first kappa shape index (κ1) is 44.5. The molecule has 0 aromatic heterocycles. The summed E-state index contributed by atoms with van der Waals surface area (Å²) in [6, 6.07) is 0. The average Bonchev–Trinajstić information content (AvgIpc) is 4.07. The summed E-state index contributed by atoms with van der Waals surface area (Å²) in [5, 5.41) is 0. The highest BCUT2D eigenvalue weighted by molar-refractivity contribution is 5.84. The SMILES string of the molecule is C=C1C2=C(C3=C(C)C(C)=C(C4=C(C)C5=C(C6=C(C(C)=C(C)C6c6c(C)c(C)c(C)c(C)c6C)C5C)C4c4c(C)c(C)c(C)c(C)c4C)C3)C(C)C(=C)C2=C(C2=C(C)C(C)=C(C)C2)C1C. The van der Waals surface area contributed by atoms with E-state index < -0.39 is 0 Å². The lowest BCUT2D eigenvalue weighted by Crippen LogP contribution is -2.17. The molecule has 0 heteroatoms. The van der Waals surface area contributed by atoms with Crippen LogP contribution in [-0.2, 0) is 0 Å². The van der Waals surface area contributed by atoms with Crippen LogP contribution in [-0.4, -0.2) is 0 Å². The number of hydrogen-bond donors (Lipinski definition) is 0. The zero-order chi connectivity index (χ0) is 46.9.